The van der Waals surface area contributed by atoms with Crippen LogP contribution < -0.4 is 5.73 Å². The van der Waals surface area contributed by atoms with Gasteiger partial charge in [-0.25, -0.2) is 4.79 Å². The van der Waals surface area contributed by atoms with Crippen LogP contribution in [0.2, 0.25) is 0 Å². The fourth-order valence-electron chi connectivity index (χ4n) is 1.41. The maximum Gasteiger partial charge on any atom is 0.410 e. The highest BCUT2D eigenvalue weighted by molar-refractivity contribution is 5.68. The number of hydrogen-bond acceptors (Lipinski definition) is 3. The number of piperidine rings is 1. The smallest absolute Gasteiger partial charge is 0.410 e. The first kappa shape index (κ1) is 14.2. The molecule has 1 saturated heterocycles. The Bertz CT molecular complexity index is 203. The van der Waals surface area contributed by atoms with E-state index in [1.54, 1.807) is 4.90 Å². The van der Waals surface area contributed by atoms with Gasteiger partial charge < -0.3 is 15.4 Å². The largest absolute Gasteiger partial charge is 0.444 e. The quantitative estimate of drug-likeness (QED) is 0.673. The van der Waals surface area contributed by atoms with Crippen LogP contribution in [0.4, 0.5) is 4.79 Å². The third-order valence-electron chi connectivity index (χ3n) is 2.19. The van der Waals surface area contributed by atoms with Crippen LogP contribution in [0.3, 0.4) is 0 Å². The Morgan fingerprint density at radius 3 is 2.20 bits per heavy atom. The predicted molar refractivity (Wildman–Crippen MR) is 61.7 cm³/mol. The molecule has 15 heavy (non-hydrogen) atoms. The molecule has 4 nitrogen and oxygen atoms in total. The van der Waals surface area contributed by atoms with Gasteiger partial charge in [0.25, 0.3) is 0 Å². The number of nitrogens with zero attached hydrogens (tertiary/aromatic N) is 1. The summed E-state index contributed by atoms with van der Waals surface area (Å²) in [6.07, 6.45) is 1.53. The predicted octanol–water partition coefficient (Wildman–Crippen LogP) is 1.98. The topological polar surface area (TPSA) is 55.6 Å². The van der Waals surface area contributed by atoms with E-state index in [2.05, 4.69) is 0 Å². The lowest BCUT2D eigenvalue weighted by Gasteiger charge is -2.32. The molecule has 1 fully saturated rings. The highest BCUT2D eigenvalue weighted by Gasteiger charge is 2.25. The van der Waals surface area contributed by atoms with Crippen molar-refractivity contribution in [2.75, 3.05) is 13.1 Å². The zero-order valence-corrected chi connectivity index (χ0v) is 9.25. The van der Waals surface area contributed by atoms with Gasteiger partial charge in [-0.15, -0.1) is 0 Å². The van der Waals surface area contributed by atoms with Crippen LogP contribution in [0.15, 0.2) is 0 Å². The Labute approximate surface area is 92.8 Å². The number of likely N-dealkylation sites (tertiary alicyclic amines) is 1. The standard InChI is InChI=1S/C10H20N2O2.CH4/c1-10(2,3)14-9(13)12-6-4-8(11)5-7-12;/h8H,4-7,11H2,1-3H3;1H4. The third-order valence-corrected chi connectivity index (χ3v) is 2.19. The fraction of sp³-hybridized carbons (Fsp3) is 0.909. The van der Waals surface area contributed by atoms with Crippen molar-refractivity contribution in [2.45, 2.75) is 52.7 Å². The highest BCUT2D eigenvalue weighted by Crippen LogP contribution is 2.14. The summed E-state index contributed by atoms with van der Waals surface area (Å²) in [6.45, 7) is 7.06. The molecule has 90 valence electrons. The number of hydrogen-bond donors (Lipinski definition) is 1. The van der Waals surface area contributed by atoms with Crippen LogP contribution in [-0.2, 0) is 4.74 Å². The van der Waals surface area contributed by atoms with Crippen LogP contribution >= 0.6 is 0 Å². The van der Waals surface area contributed by atoms with Crippen LogP contribution in [0.1, 0.15) is 41.0 Å². The molecule has 0 saturated carbocycles. The van der Waals surface area contributed by atoms with Gasteiger partial charge in [0.05, 0.1) is 0 Å². The second-order valence-electron chi connectivity index (χ2n) is 4.80. The molecule has 1 heterocycles. The van der Waals surface area contributed by atoms with Crippen LogP contribution in [-0.4, -0.2) is 35.7 Å². The van der Waals surface area contributed by atoms with Gasteiger partial charge in [0.1, 0.15) is 5.60 Å². The van der Waals surface area contributed by atoms with E-state index >= 15 is 0 Å². The van der Waals surface area contributed by atoms with Gasteiger partial charge in [-0.1, -0.05) is 7.43 Å². The van der Waals surface area contributed by atoms with Crippen LogP contribution in [0.25, 0.3) is 0 Å². The minimum absolute atomic E-state index is 0. The third kappa shape index (κ3) is 5.02. The lowest BCUT2D eigenvalue weighted by atomic mass is 10.1. The Morgan fingerprint density at radius 2 is 1.80 bits per heavy atom. The number of ether oxygens (including phenoxy) is 1. The molecular formula is C11H24N2O2. The van der Waals surface area contributed by atoms with Crippen molar-refractivity contribution in [1.29, 1.82) is 0 Å². The Kier molecular flexibility index (Phi) is 5.08. The normalized spacial score (nSPS) is 18.3. The highest BCUT2D eigenvalue weighted by atomic mass is 16.6. The van der Waals surface area contributed by atoms with E-state index in [1.807, 2.05) is 20.8 Å². The van der Waals surface area contributed by atoms with Gasteiger partial charge in [-0.2, -0.15) is 0 Å². The fourth-order valence-corrected chi connectivity index (χ4v) is 1.41. The van der Waals surface area contributed by atoms with Crippen molar-refractivity contribution in [3.05, 3.63) is 0 Å². The van der Waals surface area contributed by atoms with Crippen molar-refractivity contribution in [3.8, 4) is 0 Å². The lowest BCUT2D eigenvalue weighted by Crippen LogP contribution is -2.44. The molecule has 1 aliphatic rings. The molecule has 0 aromatic carbocycles. The molecule has 1 amide bonds. The molecule has 0 bridgehead atoms. The van der Waals surface area contributed by atoms with Crippen molar-refractivity contribution >= 4 is 6.09 Å². The van der Waals surface area contributed by atoms with E-state index in [1.165, 1.54) is 0 Å². The molecule has 4 heteroatoms. The molecule has 0 radical (unpaired) electrons. The first-order valence-electron chi connectivity index (χ1n) is 5.12. The molecular weight excluding hydrogens is 192 g/mol. The second kappa shape index (κ2) is 5.35. The van der Waals surface area contributed by atoms with E-state index < -0.39 is 5.60 Å². The maximum atomic E-state index is 11.6. The summed E-state index contributed by atoms with van der Waals surface area (Å²) < 4.78 is 5.26. The van der Waals surface area contributed by atoms with Gasteiger partial charge in [-0.05, 0) is 33.6 Å². The molecule has 1 aliphatic heterocycles. The minimum Gasteiger partial charge on any atom is -0.444 e. The second-order valence-corrected chi connectivity index (χ2v) is 4.80. The number of amides is 1. The molecule has 1 rings (SSSR count). The van der Waals surface area contributed by atoms with Gasteiger partial charge in [0.15, 0.2) is 0 Å². The number of carbonyl (C=O) groups excluding carboxylic acids is 1. The van der Waals surface area contributed by atoms with E-state index in [0.717, 1.165) is 25.9 Å². The van der Waals surface area contributed by atoms with Crippen molar-refractivity contribution in [2.24, 2.45) is 5.73 Å². The molecule has 0 aromatic rings. The van der Waals surface area contributed by atoms with Crippen LogP contribution in [0.5, 0.6) is 0 Å². The number of nitrogens with two attached hydrogens (primary N) is 1. The zero-order valence-electron chi connectivity index (χ0n) is 9.25. The summed E-state index contributed by atoms with van der Waals surface area (Å²) in [5.74, 6) is 0. The van der Waals surface area contributed by atoms with Crippen molar-refractivity contribution in [3.63, 3.8) is 0 Å². The average Bonchev–Trinajstić information content (AvgIpc) is 2.02. The van der Waals surface area contributed by atoms with Gasteiger partial charge in [0, 0.05) is 19.1 Å². The Balaban J connectivity index is 0.00000196. The Hall–Kier alpha value is -0.770. The summed E-state index contributed by atoms with van der Waals surface area (Å²) in [6, 6.07) is 0.244. The molecule has 0 spiro atoms. The van der Waals surface area contributed by atoms with Gasteiger partial charge in [0.2, 0.25) is 0 Å². The maximum absolute atomic E-state index is 11.6. The van der Waals surface area contributed by atoms with Crippen LogP contribution in [0, 0.1) is 0 Å². The number of rotatable bonds is 0. The van der Waals surface area contributed by atoms with E-state index in [4.69, 9.17) is 10.5 Å². The molecule has 0 unspecified atom stereocenters. The van der Waals surface area contributed by atoms with E-state index in [-0.39, 0.29) is 19.6 Å². The SMILES string of the molecule is C.CC(C)(C)OC(=O)N1CCC(N)CC1. The molecule has 2 N–H and O–H groups in total. The molecule has 0 aliphatic carbocycles. The summed E-state index contributed by atoms with van der Waals surface area (Å²) in [5.41, 5.74) is 5.34. The number of carbonyl (C=O) groups is 1. The zero-order chi connectivity index (χ0) is 10.8. The monoisotopic (exact) mass is 216 g/mol. The summed E-state index contributed by atoms with van der Waals surface area (Å²) >= 11 is 0. The van der Waals surface area contributed by atoms with Gasteiger partial charge in [-0.3, -0.25) is 0 Å². The van der Waals surface area contributed by atoms with Gasteiger partial charge >= 0.3 is 6.09 Å². The van der Waals surface area contributed by atoms with Crippen molar-refractivity contribution < 1.29 is 9.53 Å². The lowest BCUT2D eigenvalue weighted by molar-refractivity contribution is 0.0207. The average molecular weight is 216 g/mol. The summed E-state index contributed by atoms with van der Waals surface area (Å²) in [4.78, 5) is 13.3. The van der Waals surface area contributed by atoms with E-state index in [9.17, 15) is 4.79 Å². The molecule has 0 atom stereocenters. The summed E-state index contributed by atoms with van der Waals surface area (Å²) in [7, 11) is 0. The first-order chi connectivity index (χ1) is 6.38. The van der Waals surface area contributed by atoms with Crippen molar-refractivity contribution in [1.82, 2.24) is 4.90 Å². The molecule has 0 aromatic heterocycles. The first-order valence-corrected chi connectivity index (χ1v) is 5.12. The Morgan fingerprint density at radius 1 is 1.33 bits per heavy atom. The van der Waals surface area contributed by atoms with E-state index in [0.29, 0.717) is 0 Å². The minimum atomic E-state index is -0.406. The summed E-state index contributed by atoms with van der Waals surface area (Å²) in [5, 5.41) is 0.